The highest BCUT2D eigenvalue weighted by atomic mass is 16.7. The molecule has 0 heterocycles. The summed E-state index contributed by atoms with van der Waals surface area (Å²) in [6.07, 6.45) is 13.2. The molecule has 0 unspecified atom stereocenters. The van der Waals surface area contributed by atoms with Gasteiger partial charge in [0.05, 0.1) is 12.5 Å². The first kappa shape index (κ1) is 27.3. The van der Waals surface area contributed by atoms with E-state index in [0.717, 1.165) is 37.2 Å². The van der Waals surface area contributed by atoms with Gasteiger partial charge in [0.1, 0.15) is 0 Å². The second kappa shape index (κ2) is 8.13. The third kappa shape index (κ3) is 3.23. The lowest BCUT2D eigenvalue weighted by Gasteiger charge is -2.68. The predicted molar refractivity (Wildman–Crippen MR) is 144 cm³/mol. The van der Waals surface area contributed by atoms with Crippen LogP contribution in [0.1, 0.15) is 93.4 Å². The lowest BCUT2D eigenvalue weighted by Crippen LogP contribution is -2.66. The maximum absolute atomic E-state index is 14.4. The van der Waals surface area contributed by atoms with E-state index >= 15 is 0 Å². The molecular weight excluding hydrogens is 476 g/mol. The number of hydroxylamine groups is 2. The van der Waals surface area contributed by atoms with Crippen LogP contribution in [-0.2, 0) is 19.2 Å². The van der Waals surface area contributed by atoms with Gasteiger partial charge >= 0.3 is 0 Å². The number of carbonyl (C=O) groups excluding carboxylic acids is 3. The Morgan fingerprint density at radius 3 is 2.32 bits per heavy atom. The molecular formula is C32H44N2O4. The molecule has 38 heavy (non-hydrogen) atoms. The van der Waals surface area contributed by atoms with E-state index in [4.69, 9.17) is 4.84 Å². The molecule has 0 radical (unpaired) electrons. The van der Waals surface area contributed by atoms with Crippen molar-refractivity contribution in [1.82, 2.24) is 5.06 Å². The standard InChI is InChI=1S/C32H44N2O4/c1-27(2)13-15-32(26(37)34(19-33)38-8)16-14-31(7)25(20(32)18-27)21(35)17-23-29(5)11-10-24(36)28(3,4)22(29)9-12-30(23,31)6/h10-11,17,20,22,25H,9,12-16,18H2,1-8H3/t20-,22-,25-,29-,30+,31+,32-/m0/s1. The minimum absolute atomic E-state index is 0.00253. The van der Waals surface area contributed by atoms with E-state index in [-0.39, 0.29) is 56.9 Å². The zero-order valence-electron chi connectivity index (χ0n) is 24.4. The highest BCUT2D eigenvalue weighted by Gasteiger charge is 2.70. The van der Waals surface area contributed by atoms with Crippen molar-refractivity contribution in [2.24, 2.45) is 50.2 Å². The van der Waals surface area contributed by atoms with Gasteiger partial charge in [-0.25, -0.2) is 0 Å². The molecule has 0 aliphatic heterocycles. The monoisotopic (exact) mass is 520 g/mol. The van der Waals surface area contributed by atoms with E-state index in [1.54, 1.807) is 6.08 Å². The molecule has 3 saturated carbocycles. The second-order valence-corrected chi connectivity index (χ2v) is 15.0. The zero-order valence-corrected chi connectivity index (χ0v) is 24.4. The summed E-state index contributed by atoms with van der Waals surface area (Å²) in [5.41, 5.74) is -0.997. The second-order valence-electron chi connectivity index (χ2n) is 15.0. The molecule has 5 rings (SSSR count). The van der Waals surface area contributed by atoms with Gasteiger partial charge in [0, 0.05) is 16.7 Å². The summed E-state index contributed by atoms with van der Waals surface area (Å²) < 4.78 is 0. The van der Waals surface area contributed by atoms with E-state index in [0.29, 0.717) is 12.8 Å². The molecule has 206 valence electrons. The number of fused-ring (bicyclic) bond motifs is 7. The lowest BCUT2D eigenvalue weighted by molar-refractivity contribution is -0.201. The van der Waals surface area contributed by atoms with Crippen LogP contribution in [-0.4, -0.2) is 29.6 Å². The molecule has 0 saturated heterocycles. The maximum atomic E-state index is 14.4. The zero-order chi connectivity index (χ0) is 28.1. The molecule has 7 atom stereocenters. The molecule has 0 aromatic rings. The third-order valence-electron chi connectivity index (χ3n) is 12.6. The Morgan fingerprint density at radius 2 is 1.68 bits per heavy atom. The number of nitriles is 1. The van der Waals surface area contributed by atoms with Crippen molar-refractivity contribution in [3.05, 3.63) is 23.8 Å². The van der Waals surface area contributed by atoms with Crippen LogP contribution in [0.5, 0.6) is 0 Å². The van der Waals surface area contributed by atoms with Gasteiger partial charge in [-0.05, 0) is 85.2 Å². The van der Waals surface area contributed by atoms with Crippen LogP contribution in [0.2, 0.25) is 0 Å². The van der Waals surface area contributed by atoms with Crippen LogP contribution < -0.4 is 0 Å². The highest BCUT2D eigenvalue weighted by molar-refractivity contribution is 5.98. The first-order valence-corrected chi connectivity index (χ1v) is 14.3. The van der Waals surface area contributed by atoms with Crippen LogP contribution >= 0.6 is 0 Å². The van der Waals surface area contributed by atoms with Crippen molar-refractivity contribution < 1.29 is 19.2 Å². The molecule has 1 amide bonds. The van der Waals surface area contributed by atoms with E-state index in [1.165, 1.54) is 12.7 Å². The Bertz CT molecular complexity index is 1210. The quantitative estimate of drug-likeness (QED) is 0.246. The fraction of sp³-hybridized carbons (Fsp3) is 0.750. The lowest BCUT2D eigenvalue weighted by atomic mass is 9.34. The van der Waals surface area contributed by atoms with Gasteiger partial charge in [0.25, 0.3) is 5.91 Å². The Morgan fingerprint density at radius 1 is 1.03 bits per heavy atom. The molecule has 0 aromatic carbocycles. The molecule has 6 nitrogen and oxygen atoms in total. The first-order chi connectivity index (χ1) is 17.5. The van der Waals surface area contributed by atoms with Crippen molar-refractivity contribution in [2.45, 2.75) is 93.4 Å². The average molecular weight is 521 g/mol. The Hall–Kier alpha value is -2.26. The number of amides is 1. The van der Waals surface area contributed by atoms with Crippen LogP contribution in [0.25, 0.3) is 0 Å². The number of hydrogen-bond donors (Lipinski definition) is 0. The van der Waals surface area contributed by atoms with Crippen molar-refractivity contribution in [3.63, 3.8) is 0 Å². The largest absolute Gasteiger partial charge is 0.295 e. The first-order valence-electron chi connectivity index (χ1n) is 14.3. The van der Waals surface area contributed by atoms with Gasteiger partial charge < -0.3 is 0 Å². The topological polar surface area (TPSA) is 87.5 Å². The van der Waals surface area contributed by atoms with E-state index < -0.39 is 10.8 Å². The molecule has 0 N–H and O–H groups in total. The number of ketones is 2. The number of carbonyl (C=O) groups is 3. The van der Waals surface area contributed by atoms with Crippen LogP contribution in [0.3, 0.4) is 0 Å². The van der Waals surface area contributed by atoms with Gasteiger partial charge in [-0.3, -0.25) is 19.2 Å². The van der Waals surface area contributed by atoms with Crippen LogP contribution in [0.15, 0.2) is 23.8 Å². The summed E-state index contributed by atoms with van der Waals surface area (Å²) in [5, 5.41) is 10.5. The number of rotatable bonds is 2. The molecule has 5 aliphatic carbocycles. The summed E-state index contributed by atoms with van der Waals surface area (Å²) in [6, 6.07) is 0. The Labute approximate surface area is 227 Å². The highest BCUT2D eigenvalue weighted by Crippen LogP contribution is 2.74. The van der Waals surface area contributed by atoms with Crippen molar-refractivity contribution >= 4 is 17.5 Å². The molecule has 0 aromatic heterocycles. The van der Waals surface area contributed by atoms with Crippen molar-refractivity contribution in [2.75, 3.05) is 7.11 Å². The predicted octanol–water partition coefficient (Wildman–Crippen LogP) is 6.18. The molecule has 0 bridgehead atoms. The summed E-state index contributed by atoms with van der Waals surface area (Å²) in [7, 11) is 1.36. The normalized spacial score (nSPS) is 44.5. The van der Waals surface area contributed by atoms with Gasteiger partial charge in [0.2, 0.25) is 6.19 Å². The third-order valence-corrected chi connectivity index (χ3v) is 12.6. The van der Waals surface area contributed by atoms with Gasteiger partial charge in [-0.1, -0.05) is 60.1 Å². The fourth-order valence-electron chi connectivity index (χ4n) is 10.1. The summed E-state index contributed by atoms with van der Waals surface area (Å²) in [5.74, 6) is -0.316. The SMILES string of the molecule is CON(C#N)C(=O)[C@]12CCC(C)(C)C[C@H]1[C@H]1C(=O)C=C3[C@@]4(C)C=CC(=O)C(C)(C)[C@@H]4CC[C@@]3(C)[C@]1(C)CC2. The summed E-state index contributed by atoms with van der Waals surface area (Å²) in [4.78, 5) is 46.4. The van der Waals surface area contributed by atoms with E-state index in [9.17, 15) is 19.6 Å². The Kier molecular flexibility index (Phi) is 5.84. The minimum atomic E-state index is -0.775. The van der Waals surface area contributed by atoms with Gasteiger partial charge in [-0.15, -0.1) is 5.06 Å². The van der Waals surface area contributed by atoms with E-state index in [2.05, 4.69) is 54.5 Å². The van der Waals surface area contributed by atoms with Gasteiger partial charge in [-0.2, -0.15) is 5.26 Å². The van der Waals surface area contributed by atoms with Crippen LogP contribution in [0.4, 0.5) is 0 Å². The number of hydrogen-bond acceptors (Lipinski definition) is 5. The van der Waals surface area contributed by atoms with E-state index in [1.807, 2.05) is 12.3 Å². The molecule has 3 fully saturated rings. The minimum Gasteiger partial charge on any atom is -0.295 e. The maximum Gasteiger partial charge on any atom is 0.266 e. The van der Waals surface area contributed by atoms with Crippen molar-refractivity contribution in [1.29, 1.82) is 5.26 Å². The Balaban J connectivity index is 1.67. The van der Waals surface area contributed by atoms with Crippen LogP contribution in [0, 0.1) is 61.7 Å². The molecule has 6 heteroatoms. The summed E-state index contributed by atoms with van der Waals surface area (Å²) in [6.45, 7) is 15.5. The fourth-order valence-corrected chi connectivity index (χ4v) is 10.1. The van der Waals surface area contributed by atoms with Crippen molar-refractivity contribution in [3.8, 4) is 6.19 Å². The summed E-state index contributed by atoms with van der Waals surface area (Å²) >= 11 is 0. The smallest absolute Gasteiger partial charge is 0.266 e. The number of allylic oxidation sites excluding steroid dienone is 4. The average Bonchev–Trinajstić information content (AvgIpc) is 2.83. The number of nitrogens with zero attached hydrogens (tertiary/aromatic N) is 2. The molecule has 0 spiro atoms. The molecule has 5 aliphatic rings. The van der Waals surface area contributed by atoms with Gasteiger partial charge in [0.15, 0.2) is 11.6 Å².